The number of likely N-dealkylation sites (tertiary alicyclic amines) is 1. The van der Waals surface area contributed by atoms with Crippen LogP contribution < -0.4 is 0 Å². The Morgan fingerprint density at radius 2 is 1.92 bits per heavy atom. The van der Waals surface area contributed by atoms with Gasteiger partial charge in [-0.2, -0.15) is 24.4 Å². The fourth-order valence-corrected chi connectivity index (χ4v) is 4.33. The average Bonchev–Trinajstić information content (AvgIpc) is 3.03. The second-order valence-electron chi connectivity index (χ2n) is 6.99. The van der Waals surface area contributed by atoms with Gasteiger partial charge in [0.2, 0.25) is 5.91 Å². The lowest BCUT2D eigenvalue weighted by Crippen LogP contribution is -2.43. The van der Waals surface area contributed by atoms with Crippen molar-refractivity contribution in [3.63, 3.8) is 0 Å². The van der Waals surface area contributed by atoms with Crippen molar-refractivity contribution in [2.45, 2.75) is 50.2 Å². The third kappa shape index (κ3) is 5.17. The van der Waals surface area contributed by atoms with Crippen LogP contribution in [0.15, 0.2) is 24.3 Å². The van der Waals surface area contributed by atoms with Crippen molar-refractivity contribution in [2.75, 3.05) is 12.3 Å². The van der Waals surface area contributed by atoms with Crippen LogP contribution in [-0.2, 0) is 15.3 Å². The first kappa shape index (κ1) is 20.2. The second kappa shape index (κ2) is 8.99. The summed E-state index contributed by atoms with van der Waals surface area (Å²) < 4.78 is 0. The topological polar surface area (TPSA) is 57.6 Å². The van der Waals surface area contributed by atoms with Gasteiger partial charge in [0.05, 0.1) is 0 Å². The smallest absolute Gasteiger partial charge is 0.326 e. The molecule has 4 nitrogen and oxygen atoms in total. The summed E-state index contributed by atoms with van der Waals surface area (Å²) in [5.74, 6) is 0.510. The molecule has 1 aliphatic rings. The maximum atomic E-state index is 12.4. The van der Waals surface area contributed by atoms with E-state index in [1.165, 1.54) is 16.0 Å². The molecule has 0 saturated carbocycles. The van der Waals surface area contributed by atoms with Crippen LogP contribution in [0.5, 0.6) is 0 Å². The molecule has 0 unspecified atom stereocenters. The van der Waals surface area contributed by atoms with E-state index in [2.05, 4.69) is 50.7 Å². The summed E-state index contributed by atoms with van der Waals surface area (Å²) in [7, 11) is 0. The molecule has 1 fully saturated rings. The Labute approximate surface area is 159 Å². The number of hydrogen-bond acceptors (Lipinski definition) is 4. The first-order valence-electron chi connectivity index (χ1n) is 8.68. The van der Waals surface area contributed by atoms with Gasteiger partial charge in [0.15, 0.2) is 0 Å². The van der Waals surface area contributed by atoms with Crippen LogP contribution in [0, 0.1) is 5.92 Å². The van der Waals surface area contributed by atoms with E-state index in [9.17, 15) is 14.7 Å². The number of carbonyl (C=O) groups excluding carboxylic acids is 1. The predicted molar refractivity (Wildman–Crippen MR) is 106 cm³/mol. The highest BCUT2D eigenvalue weighted by Gasteiger charge is 2.40. The van der Waals surface area contributed by atoms with Crippen LogP contribution in [0.25, 0.3) is 0 Å². The summed E-state index contributed by atoms with van der Waals surface area (Å²) in [6.07, 6.45) is 0.509. The normalized spacial score (nSPS) is 21.6. The molecule has 3 atom stereocenters. The Balaban J connectivity index is 1.96. The zero-order valence-corrected chi connectivity index (χ0v) is 16.7. The molecule has 1 aliphatic heterocycles. The zero-order valence-electron chi connectivity index (χ0n) is 15.0. The minimum absolute atomic E-state index is 0.105. The fraction of sp³-hybridized carbons (Fsp3) is 0.579. The Kier molecular flexibility index (Phi) is 7.25. The SMILES string of the molecule is CC(C)c1ccc(CS[C@H]2C[C@@H](C(=O)O)N(C(=O)[C@H](C)CS)C2)cc1. The number of nitrogens with zero attached hydrogens (tertiary/aromatic N) is 1. The van der Waals surface area contributed by atoms with Crippen LogP contribution in [0.1, 0.15) is 44.2 Å². The summed E-state index contributed by atoms with van der Waals surface area (Å²) in [4.78, 5) is 25.5. The van der Waals surface area contributed by atoms with Gasteiger partial charge in [0.25, 0.3) is 0 Å². The molecule has 1 heterocycles. The molecule has 0 spiro atoms. The van der Waals surface area contributed by atoms with E-state index in [0.29, 0.717) is 24.6 Å². The molecule has 1 amide bonds. The van der Waals surface area contributed by atoms with Crippen molar-refractivity contribution in [3.05, 3.63) is 35.4 Å². The quantitative estimate of drug-likeness (QED) is 0.708. The summed E-state index contributed by atoms with van der Waals surface area (Å²) in [5.41, 5.74) is 2.55. The molecule has 0 radical (unpaired) electrons. The summed E-state index contributed by atoms with van der Waals surface area (Å²) in [5, 5.41) is 9.60. The number of aliphatic carboxylic acids is 1. The molecule has 2 rings (SSSR count). The molecule has 0 aromatic heterocycles. The van der Waals surface area contributed by atoms with E-state index in [-0.39, 0.29) is 17.1 Å². The lowest BCUT2D eigenvalue weighted by molar-refractivity contribution is -0.149. The summed E-state index contributed by atoms with van der Waals surface area (Å²) in [6.45, 7) is 6.64. The van der Waals surface area contributed by atoms with E-state index >= 15 is 0 Å². The Morgan fingerprint density at radius 3 is 2.44 bits per heavy atom. The highest BCUT2D eigenvalue weighted by Crippen LogP contribution is 2.31. The van der Waals surface area contributed by atoms with E-state index in [4.69, 9.17) is 0 Å². The molecule has 1 aromatic rings. The number of carboxylic acids is 1. The highest BCUT2D eigenvalue weighted by molar-refractivity contribution is 7.99. The van der Waals surface area contributed by atoms with Crippen LogP contribution in [0.3, 0.4) is 0 Å². The Hall–Kier alpha value is -1.14. The van der Waals surface area contributed by atoms with Gasteiger partial charge in [-0.15, -0.1) is 0 Å². The van der Waals surface area contributed by atoms with Crippen molar-refractivity contribution in [1.82, 2.24) is 4.90 Å². The largest absolute Gasteiger partial charge is 0.480 e. The zero-order chi connectivity index (χ0) is 18.6. The van der Waals surface area contributed by atoms with E-state index in [1.807, 2.05) is 0 Å². The van der Waals surface area contributed by atoms with Gasteiger partial charge < -0.3 is 10.0 Å². The average molecular weight is 382 g/mol. The number of thiol groups is 1. The molecule has 0 aliphatic carbocycles. The van der Waals surface area contributed by atoms with Crippen LogP contribution in [-0.4, -0.2) is 45.5 Å². The maximum Gasteiger partial charge on any atom is 0.326 e. The van der Waals surface area contributed by atoms with Crippen molar-refractivity contribution in [1.29, 1.82) is 0 Å². The monoisotopic (exact) mass is 381 g/mol. The predicted octanol–water partition coefficient (Wildman–Crippen LogP) is 3.66. The van der Waals surface area contributed by atoms with Gasteiger partial charge in [-0.05, 0) is 23.5 Å². The molecule has 1 N–H and O–H groups in total. The molecular weight excluding hydrogens is 354 g/mol. The second-order valence-corrected chi connectivity index (χ2v) is 8.65. The van der Waals surface area contributed by atoms with E-state index < -0.39 is 12.0 Å². The van der Waals surface area contributed by atoms with Gasteiger partial charge in [-0.1, -0.05) is 45.0 Å². The molecule has 6 heteroatoms. The molecule has 138 valence electrons. The number of carbonyl (C=O) groups is 2. The van der Waals surface area contributed by atoms with Gasteiger partial charge in [0, 0.05) is 29.2 Å². The van der Waals surface area contributed by atoms with Crippen LogP contribution in [0.2, 0.25) is 0 Å². The highest BCUT2D eigenvalue weighted by atomic mass is 32.2. The van der Waals surface area contributed by atoms with E-state index in [0.717, 1.165) is 5.75 Å². The number of rotatable bonds is 7. The first-order valence-corrected chi connectivity index (χ1v) is 10.4. The minimum atomic E-state index is -0.913. The number of hydrogen-bond donors (Lipinski definition) is 2. The van der Waals surface area contributed by atoms with Gasteiger partial charge >= 0.3 is 5.97 Å². The van der Waals surface area contributed by atoms with Crippen molar-refractivity contribution < 1.29 is 14.7 Å². The molecule has 1 saturated heterocycles. The number of benzene rings is 1. The third-order valence-corrected chi connectivity index (χ3v) is 6.52. The van der Waals surface area contributed by atoms with Crippen LogP contribution >= 0.6 is 24.4 Å². The molecule has 1 aromatic carbocycles. The van der Waals surface area contributed by atoms with Gasteiger partial charge in [-0.25, -0.2) is 4.79 Å². The fourth-order valence-electron chi connectivity index (χ4n) is 2.97. The number of amides is 1. The van der Waals surface area contributed by atoms with Gasteiger partial charge in [-0.3, -0.25) is 4.79 Å². The van der Waals surface area contributed by atoms with E-state index in [1.54, 1.807) is 18.7 Å². The standard InChI is InChI=1S/C19H27NO3S2/c1-12(2)15-6-4-14(5-7-15)11-25-16-8-17(19(22)23)20(9-16)18(21)13(3)10-24/h4-7,12-13,16-17,24H,8-11H2,1-3H3,(H,22,23)/t13-,16+,17+/m1/s1. The van der Waals surface area contributed by atoms with Crippen molar-refractivity contribution in [3.8, 4) is 0 Å². The first-order chi connectivity index (χ1) is 11.8. The third-order valence-electron chi connectivity index (χ3n) is 4.66. The molecular formula is C19H27NO3S2. The Morgan fingerprint density at radius 1 is 1.28 bits per heavy atom. The minimum Gasteiger partial charge on any atom is -0.480 e. The lowest BCUT2D eigenvalue weighted by Gasteiger charge is -2.24. The summed E-state index contributed by atoms with van der Waals surface area (Å²) in [6, 6.07) is 7.87. The van der Waals surface area contributed by atoms with Crippen LogP contribution in [0.4, 0.5) is 0 Å². The maximum absolute atomic E-state index is 12.4. The number of carboxylic acid groups (broad SMARTS) is 1. The van der Waals surface area contributed by atoms with Crippen molar-refractivity contribution in [2.24, 2.45) is 5.92 Å². The molecule has 25 heavy (non-hydrogen) atoms. The number of thioether (sulfide) groups is 1. The lowest BCUT2D eigenvalue weighted by atomic mass is 10.0. The van der Waals surface area contributed by atoms with Gasteiger partial charge in [0.1, 0.15) is 6.04 Å². The molecule has 0 bridgehead atoms. The summed E-state index contributed by atoms with van der Waals surface area (Å²) >= 11 is 5.90. The Bertz CT molecular complexity index is 603. The van der Waals surface area contributed by atoms with Crippen molar-refractivity contribution >= 4 is 36.3 Å².